The fraction of sp³-hybridized carbons (Fsp3) is 0.296. The van der Waals surface area contributed by atoms with Crippen molar-refractivity contribution in [2.45, 2.75) is 24.7 Å². The van der Waals surface area contributed by atoms with Crippen LogP contribution in [-0.4, -0.2) is 42.7 Å². The Morgan fingerprint density at radius 3 is 2.67 bits per heavy atom. The number of nitrogens with one attached hydrogen (secondary N) is 2. The van der Waals surface area contributed by atoms with E-state index in [0.29, 0.717) is 25.4 Å². The van der Waals surface area contributed by atoms with Crippen molar-refractivity contribution in [2.24, 2.45) is 0 Å². The van der Waals surface area contributed by atoms with Crippen LogP contribution in [0, 0.1) is 5.82 Å². The van der Waals surface area contributed by atoms with Crippen LogP contribution in [0.5, 0.6) is 5.75 Å². The van der Waals surface area contributed by atoms with Crippen molar-refractivity contribution in [2.75, 3.05) is 42.4 Å². The molecular formula is C27H28FN5O3. The van der Waals surface area contributed by atoms with Gasteiger partial charge in [-0.2, -0.15) is 4.98 Å². The molecule has 186 valence electrons. The van der Waals surface area contributed by atoms with Gasteiger partial charge in [-0.1, -0.05) is 19.1 Å². The Kier molecular flexibility index (Phi) is 6.56. The third-order valence-corrected chi connectivity index (χ3v) is 6.73. The van der Waals surface area contributed by atoms with E-state index in [1.165, 1.54) is 12.3 Å². The number of rotatable bonds is 9. The van der Waals surface area contributed by atoms with Crippen LogP contribution in [-0.2, 0) is 14.9 Å². The van der Waals surface area contributed by atoms with E-state index in [-0.39, 0.29) is 23.1 Å². The highest BCUT2D eigenvalue weighted by atomic mass is 19.1. The van der Waals surface area contributed by atoms with Gasteiger partial charge in [-0.25, -0.2) is 9.37 Å². The summed E-state index contributed by atoms with van der Waals surface area (Å²) in [6.45, 7) is 5.11. The van der Waals surface area contributed by atoms with Crippen molar-refractivity contribution >= 4 is 34.7 Å². The van der Waals surface area contributed by atoms with E-state index in [2.05, 4.69) is 27.2 Å². The summed E-state index contributed by atoms with van der Waals surface area (Å²) in [4.78, 5) is 22.4. The quantitative estimate of drug-likeness (QED) is 0.320. The number of halogens is 1. The summed E-state index contributed by atoms with van der Waals surface area (Å²) < 4.78 is 25.7. The van der Waals surface area contributed by atoms with Gasteiger partial charge < -0.3 is 25.0 Å². The number of carbonyl (C=O) groups is 1. The maximum Gasteiger partial charge on any atom is 0.247 e. The molecular weight excluding hydrogens is 461 g/mol. The Morgan fingerprint density at radius 1 is 1.19 bits per heavy atom. The second-order valence-corrected chi connectivity index (χ2v) is 9.00. The number of ether oxygens (including phenoxy) is 2. The second-order valence-electron chi connectivity index (χ2n) is 9.00. The molecule has 0 bridgehead atoms. The van der Waals surface area contributed by atoms with Gasteiger partial charge in [0, 0.05) is 36.1 Å². The molecule has 0 saturated heterocycles. The standard InChI is InChI=1S/C27H28FN5O3/c1-3-24(34)30-19-7-10-21-23(15-19)33(17-27(21)11-4-12-27)25-22(28)16-29-26(32-25)31-18-5-8-20(9-6-18)36-14-13-35-2/h3,5-10,15-16H,1,4,11-14,17H2,2H3,(H,30,34)(H,29,31,32). The number of amides is 1. The van der Waals surface area contributed by atoms with E-state index in [0.717, 1.165) is 42.0 Å². The van der Waals surface area contributed by atoms with Crippen molar-refractivity contribution in [3.63, 3.8) is 0 Å². The summed E-state index contributed by atoms with van der Waals surface area (Å²) in [5, 5.41) is 5.94. The molecule has 1 spiro atoms. The van der Waals surface area contributed by atoms with Gasteiger partial charge in [-0.3, -0.25) is 4.79 Å². The number of nitrogens with zero attached hydrogens (tertiary/aromatic N) is 3. The normalized spacial score (nSPS) is 15.2. The molecule has 1 fully saturated rings. The van der Waals surface area contributed by atoms with E-state index in [1.807, 2.05) is 47.4 Å². The molecule has 3 aromatic rings. The Morgan fingerprint density at radius 2 is 1.97 bits per heavy atom. The number of hydrogen-bond donors (Lipinski definition) is 2. The highest BCUT2D eigenvalue weighted by Gasteiger charge is 2.48. The largest absolute Gasteiger partial charge is 0.491 e. The van der Waals surface area contributed by atoms with E-state index >= 15 is 4.39 Å². The number of methoxy groups -OCH3 is 1. The molecule has 0 radical (unpaired) electrons. The van der Waals surface area contributed by atoms with Gasteiger partial charge in [0.25, 0.3) is 0 Å². The van der Waals surface area contributed by atoms with Crippen molar-refractivity contribution in [1.29, 1.82) is 0 Å². The number of fused-ring (bicyclic) bond motifs is 2. The number of carbonyl (C=O) groups excluding carboxylic acids is 1. The first kappa shape index (κ1) is 23.7. The molecule has 5 rings (SSSR count). The van der Waals surface area contributed by atoms with Crippen molar-refractivity contribution < 1.29 is 18.7 Å². The highest BCUT2D eigenvalue weighted by molar-refractivity contribution is 5.99. The van der Waals surface area contributed by atoms with Gasteiger partial charge in [0.1, 0.15) is 12.4 Å². The Bertz CT molecular complexity index is 1280. The average Bonchev–Trinajstić information content (AvgIpc) is 3.21. The molecule has 1 saturated carbocycles. The van der Waals surface area contributed by atoms with Crippen molar-refractivity contribution in [1.82, 2.24) is 9.97 Å². The minimum Gasteiger partial charge on any atom is -0.491 e. The molecule has 2 N–H and O–H groups in total. The van der Waals surface area contributed by atoms with Crippen LogP contribution in [0.25, 0.3) is 0 Å². The summed E-state index contributed by atoms with van der Waals surface area (Å²) in [6, 6.07) is 13.1. The van der Waals surface area contributed by atoms with Gasteiger partial charge in [-0.15, -0.1) is 0 Å². The topological polar surface area (TPSA) is 88.6 Å². The minimum absolute atomic E-state index is 0.0278. The number of hydrogen-bond acceptors (Lipinski definition) is 7. The number of anilines is 5. The summed E-state index contributed by atoms with van der Waals surface area (Å²) in [5.74, 6) is 0.394. The predicted molar refractivity (Wildman–Crippen MR) is 137 cm³/mol. The minimum atomic E-state index is -0.509. The molecule has 2 aromatic carbocycles. The van der Waals surface area contributed by atoms with Gasteiger partial charge in [0.05, 0.1) is 12.8 Å². The molecule has 8 nitrogen and oxygen atoms in total. The smallest absolute Gasteiger partial charge is 0.247 e. The van der Waals surface area contributed by atoms with Crippen LogP contribution in [0.3, 0.4) is 0 Å². The lowest BCUT2D eigenvalue weighted by Gasteiger charge is -2.39. The molecule has 2 aliphatic rings. The summed E-state index contributed by atoms with van der Waals surface area (Å²) in [5.41, 5.74) is 3.35. The summed E-state index contributed by atoms with van der Waals surface area (Å²) in [7, 11) is 1.62. The molecule has 2 heterocycles. The first-order valence-corrected chi connectivity index (χ1v) is 11.9. The zero-order valence-electron chi connectivity index (χ0n) is 20.1. The van der Waals surface area contributed by atoms with E-state index < -0.39 is 5.82 Å². The zero-order chi connectivity index (χ0) is 25.1. The van der Waals surface area contributed by atoms with Crippen LogP contribution < -0.4 is 20.3 Å². The van der Waals surface area contributed by atoms with Crippen molar-refractivity contribution in [3.05, 3.63) is 72.7 Å². The fourth-order valence-corrected chi connectivity index (χ4v) is 4.78. The number of aromatic nitrogens is 2. The monoisotopic (exact) mass is 489 g/mol. The van der Waals surface area contributed by atoms with Crippen LogP contribution in [0.2, 0.25) is 0 Å². The molecule has 1 amide bonds. The van der Waals surface area contributed by atoms with E-state index in [4.69, 9.17) is 9.47 Å². The number of benzene rings is 2. The average molecular weight is 490 g/mol. The lowest BCUT2D eigenvalue weighted by atomic mass is 9.66. The SMILES string of the molecule is C=CC(=O)Nc1ccc2c(c1)N(c1nc(Nc3ccc(OCCOC)cc3)ncc1F)CC21CCC1. The first-order chi connectivity index (χ1) is 17.5. The van der Waals surface area contributed by atoms with Gasteiger partial charge >= 0.3 is 0 Å². The summed E-state index contributed by atoms with van der Waals surface area (Å²) in [6.07, 6.45) is 5.60. The molecule has 0 unspecified atom stereocenters. The lowest BCUT2D eigenvalue weighted by molar-refractivity contribution is -0.111. The summed E-state index contributed by atoms with van der Waals surface area (Å²) >= 11 is 0. The molecule has 1 aliphatic carbocycles. The third-order valence-electron chi connectivity index (χ3n) is 6.73. The van der Waals surface area contributed by atoms with E-state index in [9.17, 15) is 4.79 Å². The fourth-order valence-electron chi connectivity index (χ4n) is 4.78. The maximum atomic E-state index is 15.1. The van der Waals surface area contributed by atoms with Gasteiger partial charge in [-0.05, 0) is 60.9 Å². The van der Waals surface area contributed by atoms with Gasteiger partial charge in [0.2, 0.25) is 11.9 Å². The van der Waals surface area contributed by atoms with Crippen LogP contribution in [0.15, 0.2) is 61.3 Å². The van der Waals surface area contributed by atoms with Crippen LogP contribution in [0.4, 0.5) is 33.2 Å². The Balaban J connectivity index is 1.41. The molecule has 1 aliphatic heterocycles. The van der Waals surface area contributed by atoms with Crippen LogP contribution in [0.1, 0.15) is 24.8 Å². The predicted octanol–water partition coefficient (Wildman–Crippen LogP) is 5.08. The molecule has 1 aromatic heterocycles. The maximum absolute atomic E-state index is 15.1. The van der Waals surface area contributed by atoms with E-state index in [1.54, 1.807) is 7.11 Å². The molecule has 36 heavy (non-hydrogen) atoms. The Hall–Kier alpha value is -3.98. The lowest BCUT2D eigenvalue weighted by Crippen LogP contribution is -2.38. The second kappa shape index (κ2) is 9.94. The highest BCUT2D eigenvalue weighted by Crippen LogP contribution is 2.55. The third kappa shape index (κ3) is 4.61. The van der Waals surface area contributed by atoms with Crippen LogP contribution >= 0.6 is 0 Å². The molecule has 0 atom stereocenters. The first-order valence-electron chi connectivity index (χ1n) is 11.9. The molecule has 9 heteroatoms. The Labute approximate surface area is 209 Å². The van der Waals surface area contributed by atoms with Crippen molar-refractivity contribution in [3.8, 4) is 5.75 Å². The van der Waals surface area contributed by atoms with Gasteiger partial charge in [0.15, 0.2) is 11.6 Å². The zero-order valence-corrected chi connectivity index (χ0v) is 20.1.